The lowest BCUT2D eigenvalue weighted by atomic mass is 10.2. The highest BCUT2D eigenvalue weighted by molar-refractivity contribution is 5.97. The van der Waals surface area contributed by atoms with E-state index in [9.17, 15) is 4.79 Å². The van der Waals surface area contributed by atoms with Gasteiger partial charge in [-0.2, -0.15) is 0 Å². The van der Waals surface area contributed by atoms with E-state index in [1.54, 1.807) is 0 Å². The number of hydrogen-bond acceptors (Lipinski definition) is 2. The Morgan fingerprint density at radius 1 is 1.14 bits per heavy atom. The first kappa shape index (κ1) is 17.2. The maximum absolute atomic E-state index is 11.8. The van der Waals surface area contributed by atoms with E-state index >= 15 is 0 Å². The summed E-state index contributed by atoms with van der Waals surface area (Å²) in [5, 5.41) is 2.94. The van der Waals surface area contributed by atoms with E-state index in [-0.39, 0.29) is 18.0 Å². The number of aliphatic imine (C=N–C) groups is 1. The molecular weight excluding hydrogens is 262 g/mol. The van der Waals surface area contributed by atoms with Crippen LogP contribution in [0.25, 0.3) is 0 Å². The molecule has 1 N–H and O–H groups in total. The highest BCUT2D eigenvalue weighted by atomic mass is 16.1. The summed E-state index contributed by atoms with van der Waals surface area (Å²) in [4.78, 5) is 18.5. The fourth-order valence-corrected chi connectivity index (χ4v) is 2.23. The average molecular weight is 289 g/mol. The summed E-state index contributed by atoms with van der Waals surface area (Å²) < 4.78 is 0. The van der Waals surface area contributed by atoms with Crippen molar-refractivity contribution in [3.8, 4) is 0 Å². The van der Waals surface area contributed by atoms with E-state index in [4.69, 9.17) is 0 Å². The summed E-state index contributed by atoms with van der Waals surface area (Å²) >= 11 is 0. The Morgan fingerprint density at radius 2 is 1.71 bits per heavy atom. The van der Waals surface area contributed by atoms with Gasteiger partial charge >= 0.3 is 0 Å². The van der Waals surface area contributed by atoms with Gasteiger partial charge in [0.15, 0.2) is 0 Å². The zero-order chi connectivity index (χ0) is 15.8. The molecule has 0 aliphatic carbocycles. The minimum atomic E-state index is -0.00638. The van der Waals surface area contributed by atoms with Gasteiger partial charge in [0.2, 0.25) is 11.9 Å². The number of guanidine groups is 1. The van der Waals surface area contributed by atoms with Gasteiger partial charge in [0.1, 0.15) is 0 Å². The molecule has 0 bridgehead atoms. The van der Waals surface area contributed by atoms with Crippen LogP contribution in [0.3, 0.4) is 0 Å². The van der Waals surface area contributed by atoms with Gasteiger partial charge in [-0.05, 0) is 33.3 Å². The highest BCUT2D eigenvalue weighted by Crippen LogP contribution is 2.08. The standard InChI is InChI=1S/C17H27N3O/c1-6-16(21)19-17(20(13(2)3)14(4)5)18-12-15-10-8-7-9-11-15/h7-11,13-14H,6,12H2,1-5H3,(H,18,19,21). The molecule has 116 valence electrons. The molecule has 0 fully saturated rings. The second-order valence-electron chi connectivity index (χ2n) is 5.62. The molecule has 1 aromatic rings. The van der Waals surface area contributed by atoms with Gasteiger partial charge in [0.05, 0.1) is 6.54 Å². The smallest absolute Gasteiger partial charge is 0.226 e. The van der Waals surface area contributed by atoms with Gasteiger partial charge in [-0.25, -0.2) is 4.99 Å². The van der Waals surface area contributed by atoms with Crippen LogP contribution in [0.4, 0.5) is 0 Å². The molecule has 0 aromatic heterocycles. The van der Waals surface area contributed by atoms with Gasteiger partial charge < -0.3 is 4.90 Å². The molecule has 0 aliphatic rings. The second-order valence-corrected chi connectivity index (χ2v) is 5.62. The molecule has 21 heavy (non-hydrogen) atoms. The third-order valence-corrected chi connectivity index (χ3v) is 3.18. The zero-order valence-corrected chi connectivity index (χ0v) is 13.8. The van der Waals surface area contributed by atoms with Crippen molar-refractivity contribution in [2.45, 2.75) is 59.7 Å². The molecule has 0 saturated heterocycles. The lowest BCUT2D eigenvalue weighted by Gasteiger charge is -2.33. The first-order valence-corrected chi connectivity index (χ1v) is 7.62. The fourth-order valence-electron chi connectivity index (χ4n) is 2.23. The van der Waals surface area contributed by atoms with Crippen molar-refractivity contribution in [3.63, 3.8) is 0 Å². The number of amides is 1. The predicted molar refractivity (Wildman–Crippen MR) is 88.1 cm³/mol. The summed E-state index contributed by atoms with van der Waals surface area (Å²) in [6.07, 6.45) is 0.453. The molecule has 4 heteroatoms. The number of carbonyl (C=O) groups is 1. The Morgan fingerprint density at radius 3 is 2.19 bits per heavy atom. The van der Waals surface area contributed by atoms with Crippen LogP contribution < -0.4 is 5.32 Å². The third kappa shape index (κ3) is 5.58. The van der Waals surface area contributed by atoms with Crippen LogP contribution in [-0.4, -0.2) is 28.9 Å². The lowest BCUT2D eigenvalue weighted by molar-refractivity contribution is -0.119. The van der Waals surface area contributed by atoms with Gasteiger partial charge in [0, 0.05) is 18.5 Å². The molecule has 1 amide bonds. The summed E-state index contributed by atoms with van der Waals surface area (Å²) in [5.41, 5.74) is 1.13. The zero-order valence-electron chi connectivity index (χ0n) is 13.8. The second kappa shape index (κ2) is 8.45. The molecule has 0 radical (unpaired) electrons. The Bertz CT molecular complexity index is 458. The van der Waals surface area contributed by atoms with Crippen LogP contribution in [0.2, 0.25) is 0 Å². The minimum Gasteiger partial charge on any atom is -0.338 e. The van der Waals surface area contributed by atoms with Gasteiger partial charge in [-0.15, -0.1) is 0 Å². The number of nitrogens with zero attached hydrogens (tertiary/aromatic N) is 2. The van der Waals surface area contributed by atoms with E-state index < -0.39 is 0 Å². The Labute approximate surface area is 128 Å². The molecule has 0 atom stereocenters. The van der Waals surface area contributed by atoms with Crippen LogP contribution in [0, 0.1) is 0 Å². The maximum atomic E-state index is 11.8. The van der Waals surface area contributed by atoms with E-state index in [1.165, 1.54) is 0 Å². The number of carbonyl (C=O) groups excluding carboxylic acids is 1. The molecule has 4 nitrogen and oxygen atoms in total. The van der Waals surface area contributed by atoms with Crippen LogP contribution in [0.5, 0.6) is 0 Å². The van der Waals surface area contributed by atoms with Crippen LogP contribution in [0.15, 0.2) is 35.3 Å². The Balaban J connectivity index is 2.97. The SMILES string of the molecule is CCC(=O)NC(=NCc1ccccc1)N(C(C)C)C(C)C. The number of rotatable bonds is 5. The highest BCUT2D eigenvalue weighted by Gasteiger charge is 2.19. The predicted octanol–water partition coefficient (Wildman–Crippen LogP) is 3.19. The molecule has 0 unspecified atom stereocenters. The molecule has 0 saturated carbocycles. The minimum absolute atomic E-state index is 0.00638. The van der Waals surface area contributed by atoms with E-state index in [2.05, 4.69) is 42.9 Å². The summed E-state index contributed by atoms with van der Waals surface area (Å²) in [6.45, 7) is 10.8. The van der Waals surface area contributed by atoms with Crippen molar-refractivity contribution < 1.29 is 4.79 Å². The average Bonchev–Trinajstić information content (AvgIpc) is 2.44. The molecule has 0 spiro atoms. The largest absolute Gasteiger partial charge is 0.338 e. The van der Waals surface area contributed by atoms with Crippen LogP contribution in [-0.2, 0) is 11.3 Å². The lowest BCUT2D eigenvalue weighted by Crippen LogP contribution is -2.50. The molecule has 0 aliphatic heterocycles. The van der Waals surface area contributed by atoms with Gasteiger partial charge in [0.25, 0.3) is 0 Å². The van der Waals surface area contributed by atoms with Crippen molar-refractivity contribution in [1.29, 1.82) is 0 Å². The molecule has 1 aromatic carbocycles. The van der Waals surface area contributed by atoms with E-state index in [0.29, 0.717) is 18.9 Å². The van der Waals surface area contributed by atoms with Crippen LogP contribution >= 0.6 is 0 Å². The fraction of sp³-hybridized carbons (Fsp3) is 0.529. The number of hydrogen-bond donors (Lipinski definition) is 1. The number of benzene rings is 1. The molecular formula is C17H27N3O. The maximum Gasteiger partial charge on any atom is 0.226 e. The van der Waals surface area contributed by atoms with Crippen LogP contribution in [0.1, 0.15) is 46.6 Å². The summed E-state index contributed by atoms with van der Waals surface area (Å²) in [6, 6.07) is 10.6. The van der Waals surface area contributed by atoms with Gasteiger partial charge in [-0.1, -0.05) is 37.3 Å². The summed E-state index contributed by atoms with van der Waals surface area (Å²) in [5.74, 6) is 0.656. The topological polar surface area (TPSA) is 44.7 Å². The van der Waals surface area contributed by atoms with Crippen molar-refractivity contribution >= 4 is 11.9 Å². The first-order chi connectivity index (χ1) is 9.95. The van der Waals surface area contributed by atoms with E-state index in [0.717, 1.165) is 5.56 Å². The number of nitrogens with one attached hydrogen (secondary N) is 1. The third-order valence-electron chi connectivity index (χ3n) is 3.18. The van der Waals surface area contributed by atoms with E-state index in [1.807, 2.05) is 37.3 Å². The quantitative estimate of drug-likeness (QED) is 0.668. The summed E-state index contributed by atoms with van der Waals surface area (Å²) in [7, 11) is 0. The molecule has 1 rings (SSSR count). The normalized spacial score (nSPS) is 11.9. The Kier molecular flexibility index (Phi) is 6.92. The van der Waals surface area contributed by atoms with Crippen molar-refractivity contribution in [3.05, 3.63) is 35.9 Å². The van der Waals surface area contributed by atoms with Crippen molar-refractivity contribution in [1.82, 2.24) is 10.2 Å². The van der Waals surface area contributed by atoms with Gasteiger partial charge in [-0.3, -0.25) is 10.1 Å². The Hall–Kier alpha value is -1.84. The van der Waals surface area contributed by atoms with Crippen molar-refractivity contribution in [2.75, 3.05) is 0 Å². The first-order valence-electron chi connectivity index (χ1n) is 7.62. The molecule has 0 heterocycles. The van der Waals surface area contributed by atoms with Crippen molar-refractivity contribution in [2.24, 2.45) is 4.99 Å². The monoisotopic (exact) mass is 289 g/mol.